The molecule has 1 aliphatic rings. The highest BCUT2D eigenvalue weighted by atomic mass is 32.2. The fourth-order valence-electron chi connectivity index (χ4n) is 1.92. The van der Waals surface area contributed by atoms with Gasteiger partial charge >= 0.3 is 0 Å². The van der Waals surface area contributed by atoms with Gasteiger partial charge in [0.2, 0.25) is 10.0 Å². The maximum atomic E-state index is 12.5. The maximum absolute atomic E-state index is 12.5. The van der Waals surface area contributed by atoms with Crippen molar-refractivity contribution in [3.63, 3.8) is 0 Å². The Morgan fingerprint density at radius 1 is 1.32 bits per heavy atom. The van der Waals surface area contributed by atoms with Gasteiger partial charge in [0.15, 0.2) is 0 Å². The predicted octanol–water partition coefficient (Wildman–Crippen LogP) is 0.732. The lowest BCUT2D eigenvalue weighted by molar-refractivity contribution is 0.148. The third kappa shape index (κ3) is 3.30. The van der Waals surface area contributed by atoms with Crippen LogP contribution in [0.5, 0.6) is 0 Å². The zero-order chi connectivity index (χ0) is 13.9. The van der Waals surface area contributed by atoms with Gasteiger partial charge in [0.1, 0.15) is 4.99 Å². The molecule has 0 spiro atoms. The molecule has 5 nitrogen and oxygen atoms in total. The molecule has 0 aliphatic carbocycles. The molecule has 1 fully saturated rings. The first kappa shape index (κ1) is 14.4. The first-order chi connectivity index (χ1) is 9.01. The van der Waals surface area contributed by atoms with E-state index in [1.165, 1.54) is 10.4 Å². The largest absolute Gasteiger partial charge is 0.389 e. The molecule has 2 rings (SSSR count). The fraction of sp³-hybridized carbons (Fsp3) is 0.417. The first-order valence-electron chi connectivity index (χ1n) is 5.99. The maximum Gasteiger partial charge on any atom is 0.243 e. The number of hydrogen-bond acceptors (Lipinski definition) is 4. The molecule has 0 saturated carbocycles. The van der Waals surface area contributed by atoms with Crippen molar-refractivity contribution in [2.75, 3.05) is 26.3 Å². The summed E-state index contributed by atoms with van der Waals surface area (Å²) >= 11 is 4.87. The van der Waals surface area contributed by atoms with Gasteiger partial charge in [-0.15, -0.1) is 0 Å². The molecule has 0 aromatic heterocycles. The zero-order valence-corrected chi connectivity index (χ0v) is 12.0. The minimum absolute atomic E-state index is 0.191. The molecule has 0 unspecified atom stereocenters. The Kier molecular flexibility index (Phi) is 4.51. The van der Waals surface area contributed by atoms with Gasteiger partial charge in [0.25, 0.3) is 0 Å². The van der Waals surface area contributed by atoms with E-state index in [-0.39, 0.29) is 9.88 Å². The summed E-state index contributed by atoms with van der Waals surface area (Å²) in [5.41, 5.74) is 6.09. The average molecular weight is 300 g/mol. The van der Waals surface area contributed by atoms with Crippen molar-refractivity contribution in [2.24, 2.45) is 5.73 Å². The molecule has 7 heteroatoms. The van der Waals surface area contributed by atoms with Crippen LogP contribution in [0.4, 0.5) is 0 Å². The average Bonchev–Trinajstić information content (AvgIpc) is 2.68. The van der Waals surface area contributed by atoms with Crippen LogP contribution in [0.2, 0.25) is 0 Å². The predicted molar refractivity (Wildman–Crippen MR) is 76.5 cm³/mol. The Hall–Kier alpha value is -1.02. The van der Waals surface area contributed by atoms with Crippen molar-refractivity contribution >= 4 is 27.2 Å². The van der Waals surface area contributed by atoms with Gasteiger partial charge in [0.05, 0.1) is 11.5 Å². The summed E-state index contributed by atoms with van der Waals surface area (Å²) in [7, 11) is -3.50. The van der Waals surface area contributed by atoms with Crippen molar-refractivity contribution in [3.8, 4) is 0 Å². The van der Waals surface area contributed by atoms with E-state index >= 15 is 0 Å². The minimum atomic E-state index is -3.50. The second-order valence-electron chi connectivity index (χ2n) is 4.26. The summed E-state index contributed by atoms with van der Waals surface area (Å²) in [5, 5.41) is 0. The van der Waals surface area contributed by atoms with Gasteiger partial charge in [-0.25, -0.2) is 8.42 Å². The summed E-state index contributed by atoms with van der Waals surface area (Å²) in [6.45, 7) is 1.87. The van der Waals surface area contributed by atoms with Crippen LogP contribution in [0, 0.1) is 0 Å². The smallest absolute Gasteiger partial charge is 0.243 e. The highest BCUT2D eigenvalue weighted by molar-refractivity contribution is 7.89. The van der Waals surface area contributed by atoms with E-state index in [0.717, 1.165) is 0 Å². The standard InChI is InChI=1S/C12H16N2O3S2/c13-12(18)10-3-1-4-11(9-10)19(15,16)14-5-2-7-17-8-6-14/h1,3-4,9H,2,5-8H2,(H2,13,18). The molecule has 0 bridgehead atoms. The first-order valence-corrected chi connectivity index (χ1v) is 7.84. The number of nitrogens with zero attached hydrogens (tertiary/aromatic N) is 1. The third-order valence-electron chi connectivity index (χ3n) is 2.94. The van der Waals surface area contributed by atoms with Crippen molar-refractivity contribution in [1.82, 2.24) is 4.31 Å². The van der Waals surface area contributed by atoms with Crippen LogP contribution in [0.3, 0.4) is 0 Å². The molecule has 2 N–H and O–H groups in total. The minimum Gasteiger partial charge on any atom is -0.389 e. The monoisotopic (exact) mass is 300 g/mol. The Morgan fingerprint density at radius 2 is 2.11 bits per heavy atom. The Bertz CT molecular complexity index is 564. The Morgan fingerprint density at radius 3 is 2.84 bits per heavy atom. The van der Waals surface area contributed by atoms with Crippen molar-refractivity contribution < 1.29 is 13.2 Å². The van der Waals surface area contributed by atoms with Crippen LogP contribution in [-0.2, 0) is 14.8 Å². The van der Waals surface area contributed by atoms with Gasteiger partial charge in [-0.1, -0.05) is 24.4 Å². The molecule has 19 heavy (non-hydrogen) atoms. The second-order valence-corrected chi connectivity index (χ2v) is 6.64. The quantitative estimate of drug-likeness (QED) is 0.833. The summed E-state index contributed by atoms with van der Waals surface area (Å²) < 4.78 is 31.7. The normalized spacial score (nSPS) is 17.9. The molecule has 1 aromatic carbocycles. The lowest BCUT2D eigenvalue weighted by Crippen LogP contribution is -2.33. The second kappa shape index (κ2) is 5.96. The molecular weight excluding hydrogens is 284 g/mol. The lowest BCUT2D eigenvalue weighted by Gasteiger charge is -2.19. The summed E-state index contributed by atoms with van der Waals surface area (Å²) in [5.74, 6) is 0. The molecule has 0 atom stereocenters. The number of nitrogens with two attached hydrogens (primary N) is 1. The van der Waals surface area contributed by atoms with E-state index in [0.29, 0.717) is 38.3 Å². The number of thiocarbonyl (C=S) groups is 1. The van der Waals surface area contributed by atoms with Gasteiger partial charge in [-0.05, 0) is 18.6 Å². The SMILES string of the molecule is NC(=S)c1cccc(S(=O)(=O)N2CCCOCC2)c1. The van der Waals surface area contributed by atoms with E-state index in [2.05, 4.69) is 0 Å². The summed E-state index contributed by atoms with van der Waals surface area (Å²) in [6, 6.07) is 6.43. The molecule has 1 saturated heterocycles. The summed E-state index contributed by atoms with van der Waals surface area (Å²) in [6.07, 6.45) is 0.703. The van der Waals surface area contributed by atoms with Gasteiger partial charge in [0, 0.05) is 25.3 Å². The Labute approximate surface area is 118 Å². The van der Waals surface area contributed by atoms with Crippen LogP contribution in [0.15, 0.2) is 29.2 Å². The Balaban J connectivity index is 2.32. The van der Waals surface area contributed by atoms with Gasteiger partial charge in [-0.3, -0.25) is 0 Å². The molecule has 104 valence electrons. The van der Waals surface area contributed by atoms with E-state index in [1.807, 2.05) is 0 Å². The van der Waals surface area contributed by atoms with Crippen molar-refractivity contribution in [1.29, 1.82) is 0 Å². The highest BCUT2D eigenvalue weighted by Gasteiger charge is 2.25. The third-order valence-corrected chi connectivity index (χ3v) is 5.07. The highest BCUT2D eigenvalue weighted by Crippen LogP contribution is 2.18. The summed E-state index contributed by atoms with van der Waals surface area (Å²) in [4.78, 5) is 0.413. The van der Waals surface area contributed by atoms with Crippen LogP contribution >= 0.6 is 12.2 Å². The number of hydrogen-bond donors (Lipinski definition) is 1. The molecular formula is C12H16N2O3S2. The van der Waals surface area contributed by atoms with Crippen molar-refractivity contribution in [3.05, 3.63) is 29.8 Å². The van der Waals surface area contributed by atoms with E-state index in [1.54, 1.807) is 18.2 Å². The topological polar surface area (TPSA) is 72.6 Å². The van der Waals surface area contributed by atoms with Crippen molar-refractivity contribution in [2.45, 2.75) is 11.3 Å². The van der Waals surface area contributed by atoms with E-state index in [9.17, 15) is 8.42 Å². The number of sulfonamides is 1. The molecule has 1 aliphatic heterocycles. The number of benzene rings is 1. The van der Waals surface area contributed by atoms with Crippen LogP contribution in [0.25, 0.3) is 0 Å². The number of rotatable bonds is 3. The fourth-order valence-corrected chi connectivity index (χ4v) is 3.56. The van der Waals surface area contributed by atoms with Crippen LogP contribution in [0.1, 0.15) is 12.0 Å². The molecule has 0 amide bonds. The van der Waals surface area contributed by atoms with Gasteiger partial charge < -0.3 is 10.5 Å². The number of ether oxygens (including phenoxy) is 1. The molecule has 1 aromatic rings. The molecule has 1 heterocycles. The molecule has 0 radical (unpaired) electrons. The van der Waals surface area contributed by atoms with Crippen LogP contribution < -0.4 is 5.73 Å². The van der Waals surface area contributed by atoms with E-state index < -0.39 is 10.0 Å². The van der Waals surface area contributed by atoms with E-state index in [4.69, 9.17) is 22.7 Å². The zero-order valence-electron chi connectivity index (χ0n) is 10.4. The van der Waals surface area contributed by atoms with Gasteiger partial charge in [-0.2, -0.15) is 4.31 Å². The lowest BCUT2D eigenvalue weighted by atomic mass is 10.2. The van der Waals surface area contributed by atoms with Crippen LogP contribution in [-0.4, -0.2) is 44.0 Å².